The first-order valence-electron chi connectivity index (χ1n) is 9.66. The van der Waals surface area contributed by atoms with Crippen molar-refractivity contribution in [3.05, 3.63) is 90.5 Å². The average Bonchev–Trinajstić information content (AvgIpc) is 3.21. The zero-order valence-corrected chi connectivity index (χ0v) is 17.7. The number of carbonyl (C=O) groups is 1. The normalized spacial score (nSPS) is 11.9. The van der Waals surface area contributed by atoms with Crippen molar-refractivity contribution in [2.75, 3.05) is 12.9 Å². The number of thioether (sulfide) groups is 1. The van der Waals surface area contributed by atoms with Gasteiger partial charge in [-0.05, 0) is 40.6 Å². The van der Waals surface area contributed by atoms with Crippen LogP contribution in [0.3, 0.4) is 0 Å². The van der Waals surface area contributed by atoms with Gasteiger partial charge >= 0.3 is 0 Å². The molecule has 5 nitrogen and oxygen atoms in total. The number of nitrogens with zero attached hydrogens (tertiary/aromatic N) is 2. The van der Waals surface area contributed by atoms with Crippen molar-refractivity contribution in [2.45, 2.75) is 10.9 Å². The topological polar surface area (TPSA) is 56.1 Å². The van der Waals surface area contributed by atoms with E-state index in [1.807, 2.05) is 54.2 Å². The lowest BCUT2D eigenvalue weighted by Crippen LogP contribution is -2.32. The summed E-state index contributed by atoms with van der Waals surface area (Å²) in [7, 11) is 3.56. The molecule has 0 saturated heterocycles. The number of methoxy groups -OCH3 is 1. The summed E-state index contributed by atoms with van der Waals surface area (Å²) < 4.78 is 7.17. The van der Waals surface area contributed by atoms with E-state index in [9.17, 15) is 4.79 Å². The lowest BCUT2D eigenvalue weighted by Gasteiger charge is -2.19. The zero-order valence-electron chi connectivity index (χ0n) is 16.9. The summed E-state index contributed by atoms with van der Waals surface area (Å²) in [5.74, 6) is 1.84. The number of carbonyl (C=O) groups excluding carboxylic acids is 1. The van der Waals surface area contributed by atoms with E-state index in [1.165, 1.54) is 22.5 Å². The molecule has 0 radical (unpaired) electrons. The number of benzene rings is 3. The molecule has 4 aromatic rings. The first-order valence-corrected chi connectivity index (χ1v) is 10.6. The number of imidazole rings is 1. The fraction of sp³-hybridized carbons (Fsp3) is 0.167. The Morgan fingerprint density at radius 1 is 1.10 bits per heavy atom. The molecule has 0 spiro atoms. The Hall–Kier alpha value is -3.25. The highest BCUT2D eigenvalue weighted by molar-refractivity contribution is 8.00. The van der Waals surface area contributed by atoms with Crippen LogP contribution in [0.5, 0.6) is 5.75 Å². The first-order chi connectivity index (χ1) is 14.6. The number of nitrogens with one attached hydrogen (secondary N) is 1. The van der Waals surface area contributed by atoms with Crippen LogP contribution in [0.25, 0.3) is 10.8 Å². The van der Waals surface area contributed by atoms with Crippen LogP contribution in [-0.2, 0) is 11.8 Å². The van der Waals surface area contributed by atoms with Crippen molar-refractivity contribution < 1.29 is 9.53 Å². The summed E-state index contributed by atoms with van der Waals surface area (Å²) >= 11 is 1.53. The van der Waals surface area contributed by atoms with Crippen molar-refractivity contribution in [1.29, 1.82) is 0 Å². The molecule has 0 fully saturated rings. The Balaban J connectivity index is 1.48. The van der Waals surface area contributed by atoms with Gasteiger partial charge in [0.2, 0.25) is 5.91 Å². The van der Waals surface area contributed by atoms with Crippen LogP contribution in [0.2, 0.25) is 0 Å². The molecular formula is C24H23N3O2S. The van der Waals surface area contributed by atoms with E-state index in [-0.39, 0.29) is 11.9 Å². The quantitative estimate of drug-likeness (QED) is 0.447. The van der Waals surface area contributed by atoms with Crippen LogP contribution in [-0.4, -0.2) is 28.3 Å². The Kier molecular flexibility index (Phi) is 6.05. The molecule has 1 N–H and O–H groups in total. The molecule has 0 bridgehead atoms. The van der Waals surface area contributed by atoms with Crippen molar-refractivity contribution in [1.82, 2.24) is 14.9 Å². The van der Waals surface area contributed by atoms with Gasteiger partial charge in [0.1, 0.15) is 17.6 Å². The molecular weight excluding hydrogens is 394 g/mol. The van der Waals surface area contributed by atoms with Crippen molar-refractivity contribution >= 4 is 28.4 Å². The number of aromatic nitrogens is 2. The van der Waals surface area contributed by atoms with Gasteiger partial charge in [-0.2, -0.15) is 0 Å². The van der Waals surface area contributed by atoms with E-state index in [2.05, 4.69) is 40.6 Å². The van der Waals surface area contributed by atoms with Gasteiger partial charge in [-0.15, -0.1) is 11.8 Å². The number of amides is 1. The van der Waals surface area contributed by atoms with Crippen molar-refractivity contribution in [3.63, 3.8) is 0 Å². The van der Waals surface area contributed by atoms with Gasteiger partial charge < -0.3 is 14.6 Å². The second-order valence-electron chi connectivity index (χ2n) is 6.97. The van der Waals surface area contributed by atoms with Gasteiger partial charge in [0.25, 0.3) is 0 Å². The maximum Gasteiger partial charge on any atom is 0.231 e. The molecule has 6 heteroatoms. The van der Waals surface area contributed by atoms with E-state index >= 15 is 0 Å². The van der Waals surface area contributed by atoms with Gasteiger partial charge in [0, 0.05) is 24.3 Å². The standard InChI is InChI=1S/C24H23N3O2S/c1-27-14-13-25-24(27)23(18-7-10-20(29-2)11-8-18)26-22(28)16-30-21-12-9-17-5-3-4-6-19(17)15-21/h3-15,23H,16H2,1-2H3,(H,26,28). The summed E-state index contributed by atoms with van der Waals surface area (Å²) in [5, 5.41) is 5.51. The molecule has 1 heterocycles. The number of hydrogen-bond acceptors (Lipinski definition) is 4. The Bertz CT molecular complexity index is 1150. The number of aryl methyl sites for hydroxylation is 1. The minimum Gasteiger partial charge on any atom is -0.497 e. The second kappa shape index (κ2) is 9.05. The lowest BCUT2D eigenvalue weighted by molar-refractivity contribution is -0.119. The maximum absolute atomic E-state index is 12.8. The van der Waals surface area contributed by atoms with Crippen LogP contribution in [0.1, 0.15) is 17.4 Å². The summed E-state index contributed by atoms with van der Waals surface area (Å²) in [6, 6.07) is 21.8. The molecule has 0 aliphatic heterocycles. The van der Waals surface area contributed by atoms with Crippen LogP contribution >= 0.6 is 11.8 Å². The predicted octanol–water partition coefficient (Wildman–Crippen LogP) is 4.58. The largest absolute Gasteiger partial charge is 0.497 e. The highest BCUT2D eigenvalue weighted by atomic mass is 32.2. The SMILES string of the molecule is COc1ccc(C(NC(=O)CSc2ccc3ccccc3c2)c2nccn2C)cc1. The fourth-order valence-corrected chi connectivity index (χ4v) is 4.11. The minimum atomic E-state index is -0.333. The van der Waals surface area contributed by atoms with E-state index in [4.69, 9.17) is 4.74 Å². The van der Waals surface area contributed by atoms with Gasteiger partial charge in [-0.1, -0.05) is 42.5 Å². The predicted molar refractivity (Wildman–Crippen MR) is 121 cm³/mol. The third kappa shape index (κ3) is 4.49. The van der Waals surface area contributed by atoms with Gasteiger partial charge in [-0.25, -0.2) is 4.98 Å². The first kappa shape index (κ1) is 20.0. The third-order valence-electron chi connectivity index (χ3n) is 4.96. The van der Waals surface area contributed by atoms with E-state index in [0.717, 1.165) is 22.0 Å². The second-order valence-corrected chi connectivity index (χ2v) is 8.02. The Morgan fingerprint density at radius 3 is 2.57 bits per heavy atom. The molecule has 30 heavy (non-hydrogen) atoms. The molecule has 1 aromatic heterocycles. The third-order valence-corrected chi connectivity index (χ3v) is 5.96. The Labute approximate surface area is 180 Å². The van der Waals surface area contributed by atoms with Gasteiger partial charge in [0.15, 0.2) is 0 Å². The van der Waals surface area contributed by atoms with Gasteiger partial charge in [0.05, 0.1) is 12.9 Å². The highest BCUT2D eigenvalue weighted by Gasteiger charge is 2.21. The lowest BCUT2D eigenvalue weighted by atomic mass is 10.1. The molecule has 3 aromatic carbocycles. The number of ether oxygens (including phenoxy) is 1. The van der Waals surface area contributed by atoms with Crippen molar-refractivity contribution in [3.8, 4) is 5.75 Å². The van der Waals surface area contributed by atoms with Crippen LogP contribution < -0.4 is 10.1 Å². The highest BCUT2D eigenvalue weighted by Crippen LogP contribution is 2.25. The molecule has 152 valence electrons. The summed E-state index contributed by atoms with van der Waals surface area (Å²) in [5.41, 5.74) is 0.953. The van der Waals surface area contributed by atoms with Crippen LogP contribution in [0.4, 0.5) is 0 Å². The average molecular weight is 418 g/mol. The number of hydrogen-bond donors (Lipinski definition) is 1. The molecule has 1 unspecified atom stereocenters. The van der Waals surface area contributed by atoms with Crippen LogP contribution in [0.15, 0.2) is 84.0 Å². The molecule has 1 amide bonds. The molecule has 0 aliphatic rings. The summed E-state index contributed by atoms with van der Waals surface area (Å²) in [4.78, 5) is 18.3. The monoisotopic (exact) mass is 417 g/mol. The minimum absolute atomic E-state index is 0.0445. The van der Waals surface area contributed by atoms with Gasteiger partial charge in [-0.3, -0.25) is 4.79 Å². The number of fused-ring (bicyclic) bond motifs is 1. The molecule has 0 saturated carbocycles. The summed E-state index contributed by atoms with van der Waals surface area (Å²) in [6.45, 7) is 0. The van der Waals surface area contributed by atoms with Crippen molar-refractivity contribution in [2.24, 2.45) is 7.05 Å². The Morgan fingerprint density at radius 2 is 1.87 bits per heavy atom. The molecule has 4 rings (SSSR count). The smallest absolute Gasteiger partial charge is 0.231 e. The zero-order chi connectivity index (χ0) is 20.9. The van der Waals surface area contributed by atoms with E-state index in [0.29, 0.717) is 5.75 Å². The van der Waals surface area contributed by atoms with Crippen LogP contribution in [0, 0.1) is 0 Å². The molecule has 1 atom stereocenters. The molecule has 0 aliphatic carbocycles. The maximum atomic E-state index is 12.8. The fourth-order valence-electron chi connectivity index (χ4n) is 3.36. The number of rotatable bonds is 7. The van der Waals surface area contributed by atoms with E-state index in [1.54, 1.807) is 13.3 Å². The van der Waals surface area contributed by atoms with E-state index < -0.39 is 0 Å². The summed E-state index contributed by atoms with van der Waals surface area (Å²) in [6.07, 6.45) is 3.61.